The number of piperazine rings is 1. The summed E-state index contributed by atoms with van der Waals surface area (Å²) in [4.78, 5) is 13.6. The van der Waals surface area contributed by atoms with Crippen LogP contribution in [0.5, 0.6) is 0 Å². The maximum Gasteiger partial charge on any atom is 0.225 e. The van der Waals surface area contributed by atoms with E-state index in [9.17, 15) is 0 Å². The molecule has 1 aromatic heterocycles. The van der Waals surface area contributed by atoms with Gasteiger partial charge >= 0.3 is 0 Å². The molecule has 1 aliphatic rings. The summed E-state index contributed by atoms with van der Waals surface area (Å²) in [6.45, 7) is 4.95. The second kappa shape index (κ2) is 8.08. The Morgan fingerprint density at radius 3 is 2.29 bits per heavy atom. The van der Waals surface area contributed by atoms with E-state index in [2.05, 4.69) is 32.1 Å². The van der Waals surface area contributed by atoms with Crippen LogP contribution in [0, 0.1) is 0 Å². The van der Waals surface area contributed by atoms with Gasteiger partial charge in [-0.15, -0.1) is 0 Å². The molecule has 0 aliphatic carbocycles. The van der Waals surface area contributed by atoms with Crippen molar-refractivity contribution in [3.63, 3.8) is 0 Å². The van der Waals surface area contributed by atoms with Gasteiger partial charge in [0.2, 0.25) is 5.95 Å². The highest BCUT2D eigenvalue weighted by Crippen LogP contribution is 2.13. The van der Waals surface area contributed by atoms with Crippen LogP contribution in [-0.4, -0.2) is 59.8 Å². The zero-order valence-electron chi connectivity index (χ0n) is 14.1. The second-order valence-electron chi connectivity index (χ2n) is 6.21. The lowest BCUT2D eigenvalue weighted by Crippen LogP contribution is -2.45. The molecule has 2 heterocycles. The van der Waals surface area contributed by atoms with E-state index in [0.717, 1.165) is 48.9 Å². The Morgan fingerprint density at radius 1 is 1.00 bits per heavy atom. The van der Waals surface area contributed by atoms with Crippen molar-refractivity contribution in [3.8, 4) is 0 Å². The molecule has 6 heteroatoms. The number of hydrogen-bond acceptors (Lipinski definition) is 6. The molecule has 2 aromatic rings. The lowest BCUT2D eigenvalue weighted by molar-refractivity contribution is 0.299. The van der Waals surface area contributed by atoms with Crippen molar-refractivity contribution in [1.29, 1.82) is 0 Å². The molecule has 1 aromatic carbocycles. The number of likely N-dealkylation sites (N-methyl/N-ethyl adjacent to an activating group) is 1. The molecule has 3 rings (SSSR count). The predicted molar refractivity (Wildman–Crippen MR) is 96.3 cm³/mol. The van der Waals surface area contributed by atoms with Crippen LogP contribution in [0.3, 0.4) is 0 Å². The van der Waals surface area contributed by atoms with E-state index in [4.69, 9.17) is 5.11 Å². The van der Waals surface area contributed by atoms with E-state index < -0.39 is 0 Å². The van der Waals surface area contributed by atoms with Gasteiger partial charge in [-0.05, 0) is 31.2 Å². The maximum atomic E-state index is 8.94. The molecule has 1 fully saturated rings. The Hall–Kier alpha value is -2.18. The van der Waals surface area contributed by atoms with E-state index >= 15 is 0 Å². The Bertz CT molecular complexity index is 621. The van der Waals surface area contributed by atoms with Crippen molar-refractivity contribution in [2.24, 2.45) is 0 Å². The Morgan fingerprint density at radius 2 is 1.67 bits per heavy atom. The number of nitrogens with one attached hydrogen (secondary N) is 1. The van der Waals surface area contributed by atoms with Crippen LogP contribution in [0.4, 0.5) is 11.6 Å². The molecular formula is C18H25N5O. The molecular weight excluding hydrogens is 302 g/mol. The number of benzene rings is 1. The molecule has 24 heavy (non-hydrogen) atoms. The average Bonchev–Trinajstić information content (AvgIpc) is 2.63. The average molecular weight is 327 g/mol. The second-order valence-corrected chi connectivity index (χ2v) is 6.21. The van der Waals surface area contributed by atoms with Crippen molar-refractivity contribution in [2.45, 2.75) is 13.0 Å². The van der Waals surface area contributed by atoms with E-state index in [1.165, 1.54) is 0 Å². The molecule has 0 unspecified atom stereocenters. The predicted octanol–water partition coefficient (Wildman–Crippen LogP) is 1.38. The molecule has 1 saturated heterocycles. The van der Waals surface area contributed by atoms with Gasteiger partial charge in [0.15, 0.2) is 0 Å². The molecule has 0 amide bonds. The van der Waals surface area contributed by atoms with Crippen LogP contribution >= 0.6 is 0 Å². The van der Waals surface area contributed by atoms with Gasteiger partial charge in [0, 0.05) is 63.0 Å². The monoisotopic (exact) mass is 327 g/mol. The molecule has 128 valence electrons. The standard InChI is InChI=1S/C18H25N5O/c1-22-7-9-23(10-8-22)18-20-13-16(14-21-18)12-19-17-4-2-15(3-5-17)6-11-24/h2-5,13-14,19,24H,6-12H2,1H3. The SMILES string of the molecule is CN1CCN(c2ncc(CNc3ccc(CCO)cc3)cn2)CC1. The van der Waals surface area contributed by atoms with Crippen molar-refractivity contribution >= 4 is 11.6 Å². The molecule has 1 aliphatic heterocycles. The molecule has 2 N–H and O–H groups in total. The number of rotatable bonds is 6. The fraction of sp³-hybridized carbons (Fsp3) is 0.444. The van der Waals surface area contributed by atoms with Gasteiger partial charge in [-0.1, -0.05) is 12.1 Å². The minimum atomic E-state index is 0.184. The van der Waals surface area contributed by atoms with E-state index in [1.54, 1.807) is 0 Å². The van der Waals surface area contributed by atoms with Gasteiger partial charge in [-0.2, -0.15) is 0 Å². The van der Waals surface area contributed by atoms with Crippen LogP contribution in [0.25, 0.3) is 0 Å². The third kappa shape index (κ3) is 4.43. The fourth-order valence-corrected chi connectivity index (χ4v) is 2.73. The molecule has 0 saturated carbocycles. The maximum absolute atomic E-state index is 8.94. The van der Waals surface area contributed by atoms with Crippen LogP contribution in [0.1, 0.15) is 11.1 Å². The normalized spacial score (nSPS) is 15.5. The summed E-state index contributed by atoms with van der Waals surface area (Å²) in [5, 5.41) is 12.3. The summed E-state index contributed by atoms with van der Waals surface area (Å²) in [6, 6.07) is 8.13. The zero-order valence-corrected chi connectivity index (χ0v) is 14.1. The summed E-state index contributed by atoms with van der Waals surface area (Å²) >= 11 is 0. The lowest BCUT2D eigenvalue weighted by Gasteiger charge is -2.32. The van der Waals surface area contributed by atoms with Gasteiger partial charge in [-0.25, -0.2) is 9.97 Å². The summed E-state index contributed by atoms with van der Waals surface area (Å²) in [5.41, 5.74) is 3.26. The quantitative estimate of drug-likeness (QED) is 0.836. The van der Waals surface area contributed by atoms with Crippen molar-refractivity contribution in [3.05, 3.63) is 47.8 Å². The van der Waals surface area contributed by atoms with Crippen LogP contribution in [0.15, 0.2) is 36.7 Å². The number of nitrogens with zero attached hydrogens (tertiary/aromatic N) is 4. The number of aromatic nitrogens is 2. The molecule has 0 radical (unpaired) electrons. The number of hydrogen-bond donors (Lipinski definition) is 2. The van der Waals surface area contributed by atoms with Crippen LogP contribution in [-0.2, 0) is 13.0 Å². The van der Waals surface area contributed by atoms with Gasteiger partial charge < -0.3 is 20.2 Å². The molecule has 6 nitrogen and oxygen atoms in total. The first kappa shape index (κ1) is 16.7. The third-order valence-electron chi connectivity index (χ3n) is 4.33. The van der Waals surface area contributed by atoms with Crippen molar-refractivity contribution < 1.29 is 5.11 Å². The van der Waals surface area contributed by atoms with E-state index in [0.29, 0.717) is 13.0 Å². The summed E-state index contributed by atoms with van der Waals surface area (Å²) < 4.78 is 0. The van der Waals surface area contributed by atoms with Gasteiger partial charge in [-0.3, -0.25) is 0 Å². The van der Waals surface area contributed by atoms with Gasteiger partial charge in [0.1, 0.15) is 0 Å². The molecule has 0 spiro atoms. The Kier molecular flexibility index (Phi) is 5.61. The topological polar surface area (TPSA) is 64.5 Å². The molecule has 0 atom stereocenters. The highest BCUT2D eigenvalue weighted by atomic mass is 16.2. The molecule has 0 bridgehead atoms. The van der Waals surface area contributed by atoms with E-state index in [1.807, 2.05) is 36.7 Å². The first-order valence-corrected chi connectivity index (χ1v) is 8.42. The number of anilines is 2. The van der Waals surface area contributed by atoms with Crippen LogP contribution in [0.2, 0.25) is 0 Å². The van der Waals surface area contributed by atoms with Crippen molar-refractivity contribution in [2.75, 3.05) is 50.1 Å². The van der Waals surface area contributed by atoms with Crippen LogP contribution < -0.4 is 10.2 Å². The largest absolute Gasteiger partial charge is 0.396 e. The Balaban J connectivity index is 1.52. The number of aliphatic hydroxyl groups excluding tert-OH is 1. The smallest absolute Gasteiger partial charge is 0.225 e. The van der Waals surface area contributed by atoms with E-state index in [-0.39, 0.29) is 6.61 Å². The summed E-state index contributed by atoms with van der Waals surface area (Å²) in [5.74, 6) is 0.820. The first-order valence-electron chi connectivity index (χ1n) is 8.42. The van der Waals surface area contributed by atoms with Crippen molar-refractivity contribution in [1.82, 2.24) is 14.9 Å². The van der Waals surface area contributed by atoms with Gasteiger partial charge in [0.25, 0.3) is 0 Å². The Labute approximate surface area is 143 Å². The first-order chi connectivity index (χ1) is 11.7. The number of aliphatic hydroxyl groups is 1. The zero-order chi connectivity index (χ0) is 16.8. The minimum Gasteiger partial charge on any atom is -0.396 e. The summed E-state index contributed by atoms with van der Waals surface area (Å²) in [6.07, 6.45) is 4.49. The minimum absolute atomic E-state index is 0.184. The lowest BCUT2D eigenvalue weighted by atomic mass is 10.1. The summed E-state index contributed by atoms with van der Waals surface area (Å²) in [7, 11) is 2.14. The highest BCUT2D eigenvalue weighted by molar-refractivity contribution is 5.45. The fourth-order valence-electron chi connectivity index (χ4n) is 2.73. The highest BCUT2D eigenvalue weighted by Gasteiger charge is 2.15. The third-order valence-corrected chi connectivity index (χ3v) is 4.33. The van der Waals surface area contributed by atoms with Gasteiger partial charge in [0.05, 0.1) is 0 Å².